The standard InChI is InChI=1S/C27H35F3N8O/c1-35-33-26(32-34-35)20-2-6-22(7-3-20)31-23-10-14-38(15-11-23)25(39)12-13-36-16-18-37(19-17-36)24-8-4-21(5-9-24)27(28,29)30/h2-9,23,31,34H,10-19H2,1H3,(H,32,33). The summed E-state index contributed by atoms with van der Waals surface area (Å²) < 4.78 is 38.4. The number of nitrogens with zero attached hydrogens (tertiary/aromatic N) is 5. The molecule has 2 aromatic rings. The van der Waals surface area contributed by atoms with Gasteiger partial charge in [0.15, 0.2) is 5.84 Å². The van der Waals surface area contributed by atoms with Gasteiger partial charge in [0.2, 0.25) is 5.91 Å². The summed E-state index contributed by atoms with van der Waals surface area (Å²) in [6, 6.07) is 13.8. The topological polar surface area (TPSA) is 78.5 Å². The van der Waals surface area contributed by atoms with Gasteiger partial charge in [0.05, 0.1) is 5.56 Å². The molecule has 0 saturated carbocycles. The number of benzene rings is 2. The Morgan fingerprint density at radius 1 is 0.974 bits per heavy atom. The van der Waals surface area contributed by atoms with Crippen molar-refractivity contribution >= 4 is 23.1 Å². The molecular weight excluding hydrogens is 509 g/mol. The highest BCUT2D eigenvalue weighted by Gasteiger charge is 2.30. The molecule has 5 rings (SSSR count). The number of carbonyl (C=O) groups excluding carboxylic acids is 1. The predicted octanol–water partition coefficient (Wildman–Crippen LogP) is 2.94. The minimum absolute atomic E-state index is 0.186. The quantitative estimate of drug-likeness (QED) is 0.495. The molecule has 2 aromatic carbocycles. The Morgan fingerprint density at radius 3 is 2.23 bits per heavy atom. The Hall–Kier alpha value is -3.51. The Labute approximate surface area is 226 Å². The zero-order valence-electron chi connectivity index (χ0n) is 22.0. The maximum absolute atomic E-state index is 12.8. The van der Waals surface area contributed by atoms with Gasteiger partial charge in [0.25, 0.3) is 0 Å². The van der Waals surface area contributed by atoms with Crippen molar-refractivity contribution in [3.05, 3.63) is 59.7 Å². The zero-order valence-corrected chi connectivity index (χ0v) is 22.0. The van der Waals surface area contributed by atoms with E-state index < -0.39 is 11.7 Å². The molecule has 0 aromatic heterocycles. The SMILES string of the molecule is CN1NN=C(c2ccc(NC3CCN(C(=O)CCN4CCN(c5ccc(C(F)(F)F)cc5)CC4)CC3)cc2)N1. The number of likely N-dealkylation sites (tertiary alicyclic amines) is 1. The first-order chi connectivity index (χ1) is 18.7. The van der Waals surface area contributed by atoms with Crippen LogP contribution in [0.25, 0.3) is 0 Å². The van der Waals surface area contributed by atoms with E-state index in [-0.39, 0.29) is 5.91 Å². The van der Waals surface area contributed by atoms with Crippen molar-refractivity contribution in [1.29, 1.82) is 0 Å². The summed E-state index contributed by atoms with van der Waals surface area (Å²) in [7, 11) is 1.85. The van der Waals surface area contributed by atoms with E-state index in [1.165, 1.54) is 12.1 Å². The summed E-state index contributed by atoms with van der Waals surface area (Å²) in [5.41, 5.74) is 8.17. The molecule has 2 saturated heterocycles. The molecule has 0 unspecified atom stereocenters. The summed E-state index contributed by atoms with van der Waals surface area (Å²) in [6.07, 6.45) is -2.02. The van der Waals surface area contributed by atoms with E-state index in [2.05, 4.69) is 31.2 Å². The van der Waals surface area contributed by atoms with E-state index in [1.807, 2.05) is 36.2 Å². The summed E-state index contributed by atoms with van der Waals surface area (Å²) in [5.74, 6) is 0.961. The first-order valence-corrected chi connectivity index (χ1v) is 13.4. The number of hydrogen-bond acceptors (Lipinski definition) is 8. The van der Waals surface area contributed by atoms with Gasteiger partial charge >= 0.3 is 6.18 Å². The van der Waals surface area contributed by atoms with Crippen LogP contribution >= 0.6 is 0 Å². The van der Waals surface area contributed by atoms with Crippen LogP contribution in [-0.4, -0.2) is 85.6 Å². The number of piperazine rings is 1. The summed E-state index contributed by atoms with van der Waals surface area (Å²) in [4.78, 5) is 19.2. The summed E-state index contributed by atoms with van der Waals surface area (Å²) in [6.45, 7) is 5.23. The lowest BCUT2D eigenvalue weighted by molar-refractivity contribution is -0.137. The third-order valence-corrected chi connectivity index (χ3v) is 7.54. The number of halogens is 3. The van der Waals surface area contributed by atoms with Crippen LogP contribution in [0.4, 0.5) is 24.5 Å². The second-order valence-corrected chi connectivity index (χ2v) is 10.2. The number of amides is 1. The largest absolute Gasteiger partial charge is 0.416 e. The molecule has 0 bridgehead atoms. The van der Waals surface area contributed by atoms with Crippen LogP contribution in [0, 0.1) is 0 Å². The molecule has 3 N–H and O–H groups in total. The Morgan fingerprint density at radius 2 is 1.64 bits per heavy atom. The van der Waals surface area contributed by atoms with Crippen LogP contribution < -0.4 is 21.2 Å². The molecule has 2 fully saturated rings. The van der Waals surface area contributed by atoms with Crippen molar-refractivity contribution in [1.82, 2.24) is 25.9 Å². The molecule has 0 atom stereocenters. The van der Waals surface area contributed by atoms with E-state index in [4.69, 9.17) is 0 Å². The normalized spacial score (nSPS) is 19.4. The van der Waals surface area contributed by atoms with Gasteiger partial charge in [-0.3, -0.25) is 15.1 Å². The van der Waals surface area contributed by atoms with Crippen LogP contribution in [0.5, 0.6) is 0 Å². The number of nitrogens with one attached hydrogen (secondary N) is 3. The third-order valence-electron chi connectivity index (χ3n) is 7.54. The Kier molecular flexibility index (Phi) is 8.12. The number of rotatable bonds is 7. The zero-order chi connectivity index (χ0) is 27.4. The Bertz CT molecular complexity index is 1140. The van der Waals surface area contributed by atoms with Crippen molar-refractivity contribution in [2.24, 2.45) is 5.10 Å². The molecule has 0 radical (unpaired) electrons. The lowest BCUT2D eigenvalue weighted by Gasteiger charge is -2.37. The number of hydrazone groups is 1. The third kappa shape index (κ3) is 6.93. The molecule has 12 heteroatoms. The molecule has 9 nitrogen and oxygen atoms in total. The highest BCUT2D eigenvalue weighted by molar-refractivity contribution is 5.99. The first kappa shape index (κ1) is 27.1. The molecule has 39 heavy (non-hydrogen) atoms. The van der Waals surface area contributed by atoms with Gasteiger partial charge in [-0.1, -0.05) is 0 Å². The number of anilines is 2. The molecule has 210 valence electrons. The number of hydrazine groups is 2. The minimum Gasteiger partial charge on any atom is -0.382 e. The van der Waals surface area contributed by atoms with Gasteiger partial charge in [-0.05, 0) is 61.4 Å². The van der Waals surface area contributed by atoms with Crippen LogP contribution in [0.15, 0.2) is 53.6 Å². The lowest BCUT2D eigenvalue weighted by Crippen LogP contribution is -2.48. The van der Waals surface area contributed by atoms with E-state index in [0.717, 1.165) is 87.0 Å². The van der Waals surface area contributed by atoms with Gasteiger partial charge in [0, 0.05) is 82.3 Å². The minimum atomic E-state index is -4.32. The van der Waals surface area contributed by atoms with E-state index >= 15 is 0 Å². The fourth-order valence-corrected chi connectivity index (χ4v) is 5.20. The summed E-state index contributed by atoms with van der Waals surface area (Å²) in [5, 5.41) is 9.48. The first-order valence-electron chi connectivity index (χ1n) is 13.4. The maximum atomic E-state index is 12.8. The number of piperidine rings is 1. The molecule has 3 aliphatic heterocycles. The number of amidine groups is 1. The summed E-state index contributed by atoms with van der Waals surface area (Å²) >= 11 is 0. The van der Waals surface area contributed by atoms with Crippen molar-refractivity contribution < 1.29 is 18.0 Å². The number of alkyl halides is 3. The average molecular weight is 545 g/mol. The van der Waals surface area contributed by atoms with Crippen molar-refractivity contribution in [2.75, 3.05) is 63.1 Å². The van der Waals surface area contributed by atoms with Gasteiger partial charge in [-0.25, -0.2) is 5.53 Å². The molecule has 3 heterocycles. The second-order valence-electron chi connectivity index (χ2n) is 10.2. The number of hydrogen-bond donors (Lipinski definition) is 3. The van der Waals surface area contributed by atoms with Gasteiger partial charge < -0.3 is 15.1 Å². The van der Waals surface area contributed by atoms with E-state index in [1.54, 1.807) is 5.12 Å². The maximum Gasteiger partial charge on any atom is 0.416 e. The highest BCUT2D eigenvalue weighted by atomic mass is 19.4. The van der Waals surface area contributed by atoms with Crippen LogP contribution in [0.1, 0.15) is 30.4 Å². The molecule has 0 spiro atoms. The monoisotopic (exact) mass is 544 g/mol. The van der Waals surface area contributed by atoms with Crippen molar-refractivity contribution in [2.45, 2.75) is 31.5 Å². The Balaban J connectivity index is 0.997. The van der Waals surface area contributed by atoms with E-state index in [9.17, 15) is 18.0 Å². The lowest BCUT2D eigenvalue weighted by atomic mass is 10.0. The second kappa shape index (κ2) is 11.7. The van der Waals surface area contributed by atoms with Crippen LogP contribution in [0.3, 0.4) is 0 Å². The fourth-order valence-electron chi connectivity index (χ4n) is 5.20. The molecular formula is C27H35F3N8O. The van der Waals surface area contributed by atoms with Crippen molar-refractivity contribution in [3.8, 4) is 0 Å². The number of carbonyl (C=O) groups is 1. The molecule has 1 amide bonds. The van der Waals surface area contributed by atoms with Crippen LogP contribution in [0.2, 0.25) is 0 Å². The highest BCUT2D eigenvalue weighted by Crippen LogP contribution is 2.30. The molecule has 0 aliphatic carbocycles. The predicted molar refractivity (Wildman–Crippen MR) is 145 cm³/mol. The average Bonchev–Trinajstić information content (AvgIpc) is 3.38. The van der Waals surface area contributed by atoms with Gasteiger partial charge in [-0.15, -0.1) is 10.2 Å². The van der Waals surface area contributed by atoms with Crippen molar-refractivity contribution in [3.63, 3.8) is 0 Å². The van der Waals surface area contributed by atoms with Gasteiger partial charge in [-0.2, -0.15) is 13.2 Å². The molecule has 3 aliphatic rings. The fraction of sp³-hybridized carbons (Fsp3) is 0.481. The van der Waals surface area contributed by atoms with E-state index in [0.29, 0.717) is 19.0 Å². The smallest absolute Gasteiger partial charge is 0.382 e. The van der Waals surface area contributed by atoms with Crippen LogP contribution in [-0.2, 0) is 11.0 Å². The van der Waals surface area contributed by atoms with Gasteiger partial charge in [0.1, 0.15) is 0 Å².